The van der Waals surface area contributed by atoms with Gasteiger partial charge in [0.2, 0.25) is 6.79 Å². The monoisotopic (exact) mass is 772 g/mol. The fourth-order valence-corrected chi connectivity index (χ4v) is 10.4. The van der Waals surface area contributed by atoms with Gasteiger partial charge in [0.15, 0.2) is 11.5 Å². The first-order valence-electron chi connectivity index (χ1n) is 20.6. The van der Waals surface area contributed by atoms with E-state index in [4.69, 9.17) is 9.47 Å². The van der Waals surface area contributed by atoms with Gasteiger partial charge in [-0.1, -0.05) is 119 Å². The summed E-state index contributed by atoms with van der Waals surface area (Å²) in [6.07, 6.45) is 0. The molecule has 292 valence electrons. The third-order valence-corrected chi connectivity index (χ3v) is 13.7. The molecule has 0 spiro atoms. The van der Waals surface area contributed by atoms with Crippen molar-refractivity contribution in [1.29, 1.82) is 0 Å². The summed E-state index contributed by atoms with van der Waals surface area (Å²) in [5.41, 5.74) is 17.8. The summed E-state index contributed by atoms with van der Waals surface area (Å²) in [4.78, 5) is 5.17. The molecule has 0 saturated carbocycles. The lowest BCUT2D eigenvalue weighted by Gasteiger charge is -2.45. The summed E-state index contributed by atoms with van der Waals surface area (Å²) in [5, 5.41) is 2.63. The first kappa shape index (κ1) is 37.9. The van der Waals surface area contributed by atoms with Gasteiger partial charge in [-0.2, -0.15) is 0 Å². The molecule has 1 aromatic heterocycles. The molecule has 5 aromatic carbocycles. The molecule has 0 fully saturated rings. The standard InChI is InChI=1S/C51H57BN2O2S/c1-29-23-41-46(56-28-55-41)30(2)45(29)54-40-27-34(51(12,13)14)26-39-44(40)52(43-36-24-32(49(6,7)8)18-22-42(36)57-47(43)54)37-25-33(50(9,10)11)17-21-38(37)53(39)35-19-15-31(16-20-35)48(3,4)5/h15-27H,28H2,1-14H3. The Hall–Kier alpha value is -4.68. The smallest absolute Gasteiger partial charge is 0.254 e. The van der Waals surface area contributed by atoms with E-state index in [1.54, 1.807) is 0 Å². The number of aryl methyl sites for hydroxylation is 1. The second kappa shape index (κ2) is 12.4. The maximum absolute atomic E-state index is 6.21. The number of anilines is 6. The molecule has 0 saturated heterocycles. The van der Waals surface area contributed by atoms with E-state index in [2.05, 4.69) is 186 Å². The fraction of sp³-hybridized carbons (Fsp3) is 0.373. The van der Waals surface area contributed by atoms with E-state index < -0.39 is 0 Å². The number of fused-ring (bicyclic) bond motifs is 7. The highest BCUT2D eigenvalue weighted by Crippen LogP contribution is 2.53. The van der Waals surface area contributed by atoms with Crippen molar-refractivity contribution in [3.8, 4) is 11.5 Å². The molecule has 6 heteroatoms. The number of rotatable bonds is 2. The first-order valence-corrected chi connectivity index (χ1v) is 21.4. The lowest BCUT2D eigenvalue weighted by Crippen LogP contribution is -2.61. The SMILES string of the molecule is Cc1cc2c(c(C)c1N1c3cc(C(C)(C)C)cc4c3B(c3cc(C(C)(C)C)ccc3N4c3ccc(C(C)(C)C)cc3)c3c1sc1ccc(C(C)(C)C)cc31)OCO2. The van der Waals surface area contributed by atoms with E-state index in [1.165, 1.54) is 87.7 Å². The summed E-state index contributed by atoms with van der Waals surface area (Å²) in [6.45, 7) is 32.6. The highest BCUT2D eigenvalue weighted by Gasteiger charge is 2.47. The van der Waals surface area contributed by atoms with E-state index >= 15 is 0 Å². The molecular weight excluding hydrogens is 715 g/mol. The molecule has 0 amide bonds. The van der Waals surface area contributed by atoms with Gasteiger partial charge in [0.05, 0.1) is 10.7 Å². The van der Waals surface area contributed by atoms with E-state index in [9.17, 15) is 0 Å². The second-order valence-corrected chi connectivity index (χ2v) is 21.8. The molecule has 6 aromatic rings. The average Bonchev–Trinajstić information content (AvgIpc) is 3.75. The van der Waals surface area contributed by atoms with Gasteiger partial charge in [-0.3, -0.25) is 0 Å². The number of ether oxygens (including phenoxy) is 2. The van der Waals surface area contributed by atoms with Crippen LogP contribution in [0.1, 0.15) is 116 Å². The van der Waals surface area contributed by atoms with Gasteiger partial charge in [0.1, 0.15) is 0 Å². The third-order valence-electron chi connectivity index (χ3n) is 12.6. The lowest BCUT2D eigenvalue weighted by atomic mass is 9.33. The van der Waals surface area contributed by atoms with Crippen LogP contribution in [-0.2, 0) is 21.7 Å². The molecule has 4 nitrogen and oxygen atoms in total. The molecule has 0 aliphatic carbocycles. The van der Waals surface area contributed by atoms with Crippen LogP contribution in [0, 0.1) is 13.8 Å². The molecule has 57 heavy (non-hydrogen) atoms. The van der Waals surface area contributed by atoms with Crippen LogP contribution < -0.4 is 35.7 Å². The van der Waals surface area contributed by atoms with Crippen molar-refractivity contribution in [3.05, 3.63) is 112 Å². The third kappa shape index (κ3) is 5.91. The molecule has 3 aliphatic rings. The number of hydrogen-bond acceptors (Lipinski definition) is 5. The van der Waals surface area contributed by atoms with E-state index in [1.807, 2.05) is 11.3 Å². The van der Waals surface area contributed by atoms with Crippen LogP contribution in [0.2, 0.25) is 0 Å². The molecule has 3 aliphatic heterocycles. The van der Waals surface area contributed by atoms with Crippen LogP contribution in [0.15, 0.2) is 78.9 Å². The number of hydrogen-bond donors (Lipinski definition) is 0. The largest absolute Gasteiger partial charge is 0.454 e. The first-order chi connectivity index (χ1) is 26.6. The van der Waals surface area contributed by atoms with Crippen LogP contribution in [0.25, 0.3) is 10.1 Å². The molecule has 0 unspecified atom stereocenters. The average molecular weight is 773 g/mol. The Labute approximate surface area is 344 Å². The van der Waals surface area contributed by atoms with Gasteiger partial charge in [-0.05, 0) is 128 Å². The molecular formula is C51H57BN2O2S. The number of benzene rings is 5. The van der Waals surface area contributed by atoms with Gasteiger partial charge in [0.25, 0.3) is 6.71 Å². The summed E-state index contributed by atoms with van der Waals surface area (Å²) in [6, 6.07) is 31.1. The highest BCUT2D eigenvalue weighted by molar-refractivity contribution is 7.26. The molecule has 0 atom stereocenters. The summed E-state index contributed by atoms with van der Waals surface area (Å²) in [7, 11) is 0. The zero-order valence-corrected chi connectivity index (χ0v) is 37.2. The minimum Gasteiger partial charge on any atom is -0.454 e. The van der Waals surface area contributed by atoms with Gasteiger partial charge >= 0.3 is 0 Å². The van der Waals surface area contributed by atoms with Gasteiger partial charge in [-0.25, -0.2) is 0 Å². The Kier molecular flexibility index (Phi) is 8.25. The van der Waals surface area contributed by atoms with Crippen LogP contribution >= 0.6 is 11.3 Å². The van der Waals surface area contributed by atoms with E-state index in [0.29, 0.717) is 0 Å². The Morgan fingerprint density at radius 2 is 1.14 bits per heavy atom. The summed E-state index contributed by atoms with van der Waals surface area (Å²) >= 11 is 1.92. The Bertz CT molecular complexity index is 2630. The predicted molar refractivity (Wildman–Crippen MR) is 246 cm³/mol. The van der Waals surface area contributed by atoms with Crippen LogP contribution in [-0.4, -0.2) is 13.5 Å². The van der Waals surface area contributed by atoms with E-state index in [0.717, 1.165) is 17.1 Å². The van der Waals surface area contributed by atoms with Crippen molar-refractivity contribution < 1.29 is 9.47 Å². The minimum absolute atomic E-state index is 0.00638. The Balaban J connectivity index is 1.45. The summed E-state index contributed by atoms with van der Waals surface area (Å²) in [5.74, 6) is 1.67. The van der Waals surface area contributed by atoms with Crippen molar-refractivity contribution in [3.63, 3.8) is 0 Å². The van der Waals surface area contributed by atoms with Gasteiger partial charge in [0, 0.05) is 33.0 Å². The number of nitrogens with zero attached hydrogens (tertiary/aromatic N) is 2. The quantitative estimate of drug-likeness (QED) is 0.163. The topological polar surface area (TPSA) is 24.9 Å². The lowest BCUT2D eigenvalue weighted by molar-refractivity contribution is 0.173. The van der Waals surface area contributed by atoms with Crippen LogP contribution in [0.4, 0.5) is 33.4 Å². The maximum Gasteiger partial charge on any atom is 0.254 e. The molecule has 9 rings (SSSR count). The zero-order chi connectivity index (χ0) is 40.7. The molecule has 0 radical (unpaired) electrons. The minimum atomic E-state index is -0.105. The van der Waals surface area contributed by atoms with Crippen molar-refractivity contribution in [2.45, 2.75) is 119 Å². The molecule has 4 heterocycles. The van der Waals surface area contributed by atoms with E-state index in [-0.39, 0.29) is 35.2 Å². The normalized spacial score (nSPS) is 14.9. The Morgan fingerprint density at radius 3 is 1.77 bits per heavy atom. The highest BCUT2D eigenvalue weighted by atomic mass is 32.1. The molecule has 0 N–H and O–H groups in total. The Morgan fingerprint density at radius 1 is 0.561 bits per heavy atom. The number of thiophene rings is 1. The zero-order valence-electron chi connectivity index (χ0n) is 36.4. The van der Waals surface area contributed by atoms with Gasteiger partial charge < -0.3 is 19.3 Å². The van der Waals surface area contributed by atoms with Gasteiger partial charge in [-0.15, -0.1) is 11.3 Å². The van der Waals surface area contributed by atoms with Crippen molar-refractivity contribution >= 4 is 78.0 Å². The summed E-state index contributed by atoms with van der Waals surface area (Å²) < 4.78 is 13.5. The molecule has 0 bridgehead atoms. The van der Waals surface area contributed by atoms with Crippen LogP contribution in [0.3, 0.4) is 0 Å². The van der Waals surface area contributed by atoms with Crippen molar-refractivity contribution in [1.82, 2.24) is 0 Å². The van der Waals surface area contributed by atoms with Crippen LogP contribution in [0.5, 0.6) is 11.5 Å². The second-order valence-electron chi connectivity index (χ2n) is 20.8. The predicted octanol–water partition coefficient (Wildman–Crippen LogP) is 12.5. The maximum atomic E-state index is 6.21. The fourth-order valence-electron chi connectivity index (χ4n) is 9.20. The van der Waals surface area contributed by atoms with Crippen molar-refractivity contribution in [2.75, 3.05) is 16.6 Å². The van der Waals surface area contributed by atoms with Crippen molar-refractivity contribution in [2.24, 2.45) is 0 Å².